The number of anilines is 1. The number of nitrogens with one attached hydrogen (secondary N) is 1. The van der Waals surface area contributed by atoms with Gasteiger partial charge in [0.05, 0.1) is 24.0 Å². The molecule has 0 unspecified atom stereocenters. The van der Waals surface area contributed by atoms with Crippen LogP contribution in [-0.4, -0.2) is 54.0 Å². The zero-order chi connectivity index (χ0) is 22.6. The maximum absolute atomic E-state index is 13.2. The molecule has 166 valence electrons. The van der Waals surface area contributed by atoms with Crippen LogP contribution >= 0.6 is 0 Å². The van der Waals surface area contributed by atoms with E-state index in [0.717, 1.165) is 12.8 Å². The third kappa shape index (κ3) is 5.61. The van der Waals surface area contributed by atoms with Crippen molar-refractivity contribution in [3.05, 3.63) is 27.8 Å². The Hall–Kier alpha value is -2.84. The molecule has 1 saturated heterocycles. The van der Waals surface area contributed by atoms with E-state index < -0.39 is 10.5 Å². The first-order valence-electron chi connectivity index (χ1n) is 10.0. The Kier molecular flexibility index (Phi) is 7.28. The van der Waals surface area contributed by atoms with Crippen LogP contribution in [0, 0.1) is 16.0 Å². The predicted octanol–water partition coefficient (Wildman–Crippen LogP) is 3.62. The highest BCUT2D eigenvalue weighted by atomic mass is 16.6. The van der Waals surface area contributed by atoms with Gasteiger partial charge in [-0.1, -0.05) is 0 Å². The summed E-state index contributed by atoms with van der Waals surface area (Å²) in [6.07, 6.45) is 1.79. The lowest BCUT2D eigenvalue weighted by Gasteiger charge is -2.38. The molecule has 1 heterocycles. The van der Waals surface area contributed by atoms with E-state index in [1.807, 2.05) is 27.7 Å². The molecule has 0 spiro atoms. The highest BCUT2D eigenvalue weighted by molar-refractivity contribution is 5.97. The second kappa shape index (κ2) is 9.32. The molecule has 0 saturated carbocycles. The topological polar surface area (TPSA) is 111 Å². The SMILES string of the molecule is CNc1c(OC)cc(C(=O)N2C[C@H](CC(=O)OC(C)(C)C)CC[C@@H]2C)cc1[N+](=O)[O-]. The Morgan fingerprint density at radius 2 is 1.97 bits per heavy atom. The average molecular weight is 421 g/mol. The summed E-state index contributed by atoms with van der Waals surface area (Å²) in [7, 11) is 2.95. The van der Waals surface area contributed by atoms with Crippen LogP contribution in [-0.2, 0) is 9.53 Å². The summed E-state index contributed by atoms with van der Waals surface area (Å²) in [6.45, 7) is 7.79. The Morgan fingerprint density at radius 3 is 2.50 bits per heavy atom. The lowest BCUT2D eigenvalue weighted by molar-refractivity contribution is -0.384. The molecule has 9 nitrogen and oxygen atoms in total. The van der Waals surface area contributed by atoms with E-state index in [2.05, 4.69) is 5.32 Å². The van der Waals surface area contributed by atoms with E-state index >= 15 is 0 Å². The van der Waals surface area contributed by atoms with Crippen LogP contribution in [0.25, 0.3) is 0 Å². The summed E-state index contributed by atoms with van der Waals surface area (Å²) in [5.41, 5.74) is -0.384. The van der Waals surface area contributed by atoms with Gasteiger partial charge in [0.2, 0.25) is 0 Å². The lowest BCUT2D eigenvalue weighted by atomic mass is 9.90. The van der Waals surface area contributed by atoms with Crippen molar-refractivity contribution in [2.75, 3.05) is 26.0 Å². The third-order valence-corrected chi connectivity index (χ3v) is 5.11. The van der Waals surface area contributed by atoms with E-state index in [4.69, 9.17) is 9.47 Å². The van der Waals surface area contributed by atoms with E-state index in [1.165, 1.54) is 19.2 Å². The normalized spacial score (nSPS) is 19.2. The molecule has 2 rings (SSSR count). The molecule has 30 heavy (non-hydrogen) atoms. The Labute approximate surface area is 176 Å². The van der Waals surface area contributed by atoms with Gasteiger partial charge in [0.1, 0.15) is 11.4 Å². The Morgan fingerprint density at radius 1 is 1.30 bits per heavy atom. The first kappa shape index (κ1) is 23.4. The first-order chi connectivity index (χ1) is 14.0. The van der Waals surface area contributed by atoms with Crippen molar-refractivity contribution in [2.24, 2.45) is 5.92 Å². The Balaban J connectivity index is 2.25. The van der Waals surface area contributed by atoms with Gasteiger partial charge in [-0.15, -0.1) is 0 Å². The fourth-order valence-electron chi connectivity index (χ4n) is 3.70. The molecule has 1 aromatic rings. The highest BCUT2D eigenvalue weighted by Gasteiger charge is 2.33. The van der Waals surface area contributed by atoms with Crippen molar-refractivity contribution in [1.82, 2.24) is 4.90 Å². The summed E-state index contributed by atoms with van der Waals surface area (Å²) in [4.78, 5) is 38.0. The van der Waals surface area contributed by atoms with Gasteiger partial charge in [0, 0.05) is 25.7 Å². The predicted molar refractivity (Wildman–Crippen MR) is 113 cm³/mol. The van der Waals surface area contributed by atoms with Crippen molar-refractivity contribution < 1.29 is 24.0 Å². The van der Waals surface area contributed by atoms with Crippen LogP contribution in [0.5, 0.6) is 5.75 Å². The zero-order valence-corrected chi connectivity index (χ0v) is 18.5. The minimum atomic E-state index is -0.556. The van der Waals surface area contributed by atoms with Crippen molar-refractivity contribution >= 4 is 23.3 Å². The van der Waals surface area contributed by atoms with Crippen molar-refractivity contribution in [3.8, 4) is 5.75 Å². The number of hydrogen-bond acceptors (Lipinski definition) is 7. The molecule has 1 N–H and O–H groups in total. The van der Waals surface area contributed by atoms with Gasteiger partial charge in [-0.2, -0.15) is 0 Å². The van der Waals surface area contributed by atoms with Gasteiger partial charge in [-0.25, -0.2) is 0 Å². The van der Waals surface area contributed by atoms with E-state index in [9.17, 15) is 19.7 Å². The molecule has 1 aliphatic heterocycles. The minimum absolute atomic E-state index is 0.0199. The van der Waals surface area contributed by atoms with Gasteiger partial charge < -0.3 is 19.7 Å². The molecular weight excluding hydrogens is 390 g/mol. The van der Waals surface area contributed by atoms with E-state index in [1.54, 1.807) is 11.9 Å². The standard InChI is InChI=1S/C21H31N3O6/c1-13-7-8-14(9-18(25)30-21(2,3)4)12-23(13)20(26)15-10-16(24(27)28)19(22-5)17(11-15)29-6/h10-11,13-14,22H,7-9,12H2,1-6H3/t13-,14-/m0/s1. The fraction of sp³-hybridized carbons (Fsp3) is 0.619. The molecule has 0 bridgehead atoms. The number of carbonyl (C=O) groups is 2. The molecule has 2 atom stereocenters. The number of benzene rings is 1. The molecule has 0 aliphatic carbocycles. The largest absolute Gasteiger partial charge is 0.494 e. The smallest absolute Gasteiger partial charge is 0.306 e. The molecule has 0 aromatic heterocycles. The average Bonchev–Trinajstić information content (AvgIpc) is 2.66. The number of ether oxygens (including phenoxy) is 2. The number of methoxy groups -OCH3 is 1. The molecule has 1 aromatic carbocycles. The number of piperidine rings is 1. The number of hydrogen-bond donors (Lipinski definition) is 1. The van der Waals surface area contributed by atoms with Crippen LogP contribution in [0.1, 0.15) is 57.3 Å². The highest BCUT2D eigenvalue weighted by Crippen LogP contribution is 2.36. The van der Waals surface area contributed by atoms with Crippen molar-refractivity contribution in [2.45, 2.75) is 58.6 Å². The fourth-order valence-corrected chi connectivity index (χ4v) is 3.70. The zero-order valence-electron chi connectivity index (χ0n) is 18.5. The number of nitro groups is 1. The number of nitro benzene ring substituents is 1. The summed E-state index contributed by atoms with van der Waals surface area (Å²) in [5.74, 6) is -0.399. The number of amides is 1. The first-order valence-corrected chi connectivity index (χ1v) is 10.0. The van der Waals surface area contributed by atoms with Crippen LogP contribution in [0.15, 0.2) is 12.1 Å². The minimum Gasteiger partial charge on any atom is -0.494 e. The second-order valence-electron chi connectivity index (χ2n) is 8.62. The van der Waals surface area contributed by atoms with Crippen LogP contribution < -0.4 is 10.1 Å². The molecular formula is C21H31N3O6. The number of rotatable bonds is 6. The summed E-state index contributed by atoms with van der Waals surface area (Å²) in [6, 6.07) is 2.73. The summed E-state index contributed by atoms with van der Waals surface area (Å²) < 4.78 is 10.7. The van der Waals surface area contributed by atoms with Gasteiger partial charge in [0.15, 0.2) is 5.69 Å². The maximum atomic E-state index is 13.2. The number of carbonyl (C=O) groups excluding carboxylic acids is 2. The van der Waals surface area contributed by atoms with E-state index in [0.29, 0.717) is 6.54 Å². The van der Waals surface area contributed by atoms with Crippen LogP contribution in [0.3, 0.4) is 0 Å². The maximum Gasteiger partial charge on any atom is 0.306 e. The quantitative estimate of drug-likeness (QED) is 0.424. The molecule has 1 fully saturated rings. The van der Waals surface area contributed by atoms with Crippen molar-refractivity contribution in [1.29, 1.82) is 0 Å². The summed E-state index contributed by atoms with van der Waals surface area (Å²) in [5, 5.41) is 14.2. The van der Waals surface area contributed by atoms with E-state index in [-0.39, 0.29) is 52.9 Å². The van der Waals surface area contributed by atoms with Crippen LogP contribution in [0.4, 0.5) is 11.4 Å². The van der Waals surface area contributed by atoms with Gasteiger partial charge >= 0.3 is 5.97 Å². The molecule has 1 amide bonds. The molecule has 1 aliphatic rings. The molecule has 9 heteroatoms. The van der Waals surface area contributed by atoms with Crippen molar-refractivity contribution in [3.63, 3.8) is 0 Å². The monoisotopic (exact) mass is 421 g/mol. The van der Waals surface area contributed by atoms with Gasteiger partial charge in [-0.05, 0) is 52.5 Å². The lowest BCUT2D eigenvalue weighted by Crippen LogP contribution is -2.46. The summed E-state index contributed by atoms with van der Waals surface area (Å²) >= 11 is 0. The van der Waals surface area contributed by atoms with Crippen LogP contribution in [0.2, 0.25) is 0 Å². The second-order valence-corrected chi connectivity index (χ2v) is 8.62. The molecule has 0 radical (unpaired) electrons. The van der Waals surface area contributed by atoms with Gasteiger partial charge in [-0.3, -0.25) is 19.7 Å². The number of esters is 1. The number of likely N-dealkylation sites (tertiary alicyclic amines) is 1. The Bertz CT molecular complexity index is 818. The van der Waals surface area contributed by atoms with Gasteiger partial charge in [0.25, 0.3) is 11.6 Å². The third-order valence-electron chi connectivity index (χ3n) is 5.11. The number of nitrogens with zero attached hydrogens (tertiary/aromatic N) is 2.